The molecule has 14 nitrogen and oxygen atoms in total. The van der Waals surface area contributed by atoms with E-state index in [2.05, 4.69) is 137 Å². The summed E-state index contributed by atoms with van der Waals surface area (Å²) in [6, 6.07) is 11.6. The second-order valence-corrected chi connectivity index (χ2v) is 26.9. The molecule has 0 unspecified atom stereocenters. The minimum Gasteiger partial charge on any atom is -0.507 e. The van der Waals surface area contributed by atoms with Crippen LogP contribution in [0.25, 0.3) is 0 Å². The molecular weight excluding hydrogens is 989 g/mol. The van der Waals surface area contributed by atoms with E-state index in [0.717, 1.165) is 50.1 Å². The van der Waals surface area contributed by atoms with Crippen molar-refractivity contribution in [2.45, 2.75) is 216 Å². The number of rotatable bonds is 15. The number of carboxylic acid groups (broad SMARTS) is 3. The van der Waals surface area contributed by atoms with Gasteiger partial charge in [0.05, 0.1) is 31.8 Å². The average molecular weight is 1090 g/mol. The molecule has 0 aliphatic heterocycles. The Morgan fingerprint density at radius 1 is 0.395 bits per heavy atom. The summed E-state index contributed by atoms with van der Waals surface area (Å²) in [5.74, 6) is -0.900. The molecule has 0 spiro atoms. The highest BCUT2D eigenvalue weighted by Crippen LogP contribution is 2.42. The number of phenolic OH excluding ortho intramolecular Hbond substituents is 3. The molecule has 15 heteroatoms. The number of aliphatic carboxylic acids is 3. The van der Waals surface area contributed by atoms with Gasteiger partial charge in [-0.1, -0.05) is 175 Å². The molecule has 0 fully saturated rings. The van der Waals surface area contributed by atoms with Crippen molar-refractivity contribution < 1.29 is 70.6 Å². The second-order valence-electron chi connectivity index (χ2n) is 26.4. The number of thiocarbonyl (C=S) groups is 1. The number of aromatic hydroxyl groups is 3. The lowest BCUT2D eigenvalue weighted by Crippen LogP contribution is -2.37. The lowest BCUT2D eigenvalue weighted by Gasteiger charge is -2.28. The molecule has 76 heavy (non-hydrogen) atoms. The minimum absolute atomic E-state index is 0.109. The lowest BCUT2D eigenvalue weighted by atomic mass is 9.78. The maximum atomic E-state index is 10.8. The SMILES string of the molecule is CC(C)(C)c1cc(CCC(=O)O)cc(C(C)(C)C)c1O.CC(C)(C)c1cc(CCC(=O)O)cc(C(C)(C)C)c1O.CC(C)(C)c1cc(CCC(=O)O)cc(C(C)(C)C)c1O.CC(C)CC(O)=S.OCC(CO)(CO)CO. The molecule has 434 valence electrons. The fourth-order valence-electron chi connectivity index (χ4n) is 7.35. The Morgan fingerprint density at radius 3 is 0.645 bits per heavy atom. The Kier molecular flexibility index (Phi) is 29.3. The molecule has 11 N–H and O–H groups in total. The van der Waals surface area contributed by atoms with Gasteiger partial charge in [0.1, 0.15) is 17.2 Å². The molecule has 0 saturated carbocycles. The van der Waals surface area contributed by atoms with Crippen LogP contribution in [-0.2, 0) is 66.1 Å². The largest absolute Gasteiger partial charge is 0.507 e. The van der Waals surface area contributed by atoms with Crippen molar-refractivity contribution in [2.75, 3.05) is 26.4 Å². The summed E-state index contributed by atoms with van der Waals surface area (Å²) in [6.07, 6.45) is 2.44. The number of aliphatic hydroxyl groups is 5. The third kappa shape index (κ3) is 26.5. The molecule has 0 heterocycles. The van der Waals surface area contributed by atoms with E-state index < -0.39 is 49.8 Å². The summed E-state index contributed by atoms with van der Waals surface area (Å²) in [5.41, 5.74) is 6.02. The zero-order chi connectivity index (χ0) is 60.3. The maximum Gasteiger partial charge on any atom is 0.303 e. The summed E-state index contributed by atoms with van der Waals surface area (Å²) in [6.45, 7) is 39.3. The Hall–Kier alpha value is -4.80. The predicted molar refractivity (Wildman–Crippen MR) is 310 cm³/mol. The van der Waals surface area contributed by atoms with Crippen LogP contribution in [0.3, 0.4) is 0 Å². The van der Waals surface area contributed by atoms with E-state index in [-0.39, 0.29) is 56.8 Å². The highest BCUT2D eigenvalue weighted by Gasteiger charge is 2.30. The third-order valence-corrected chi connectivity index (χ3v) is 12.3. The molecule has 0 bridgehead atoms. The summed E-state index contributed by atoms with van der Waals surface area (Å²) < 4.78 is 0. The molecule has 0 radical (unpaired) electrons. The van der Waals surface area contributed by atoms with Crippen LogP contribution in [0.2, 0.25) is 0 Å². The smallest absolute Gasteiger partial charge is 0.303 e. The monoisotopic (exact) mass is 1090 g/mol. The number of benzene rings is 3. The third-order valence-electron chi connectivity index (χ3n) is 12.2. The van der Waals surface area contributed by atoms with Crippen LogP contribution in [0.4, 0.5) is 0 Å². The quantitative estimate of drug-likeness (QED) is 0.0632. The van der Waals surface area contributed by atoms with Crippen molar-refractivity contribution in [3.8, 4) is 17.2 Å². The van der Waals surface area contributed by atoms with Crippen molar-refractivity contribution in [3.63, 3.8) is 0 Å². The van der Waals surface area contributed by atoms with Crippen LogP contribution in [0.15, 0.2) is 36.4 Å². The normalized spacial score (nSPS) is 12.2. The molecule has 0 aliphatic rings. The molecule has 0 atom stereocenters. The Bertz CT molecular complexity index is 1970. The molecule has 0 amide bonds. The van der Waals surface area contributed by atoms with Gasteiger partial charge in [-0.2, -0.15) is 0 Å². The Labute approximate surface area is 461 Å². The van der Waals surface area contributed by atoms with Gasteiger partial charge in [-0.05, 0) is 120 Å². The zero-order valence-electron chi connectivity index (χ0n) is 49.9. The highest BCUT2D eigenvalue weighted by atomic mass is 32.1. The van der Waals surface area contributed by atoms with Crippen molar-refractivity contribution >= 4 is 35.2 Å². The first kappa shape index (κ1) is 73.3. The van der Waals surface area contributed by atoms with E-state index >= 15 is 0 Å². The number of carboxylic acids is 3. The van der Waals surface area contributed by atoms with Crippen molar-refractivity contribution in [3.05, 3.63) is 86.5 Å². The highest BCUT2D eigenvalue weighted by molar-refractivity contribution is 7.80. The van der Waals surface area contributed by atoms with Gasteiger partial charge < -0.3 is 56.2 Å². The van der Waals surface area contributed by atoms with Gasteiger partial charge in [-0.3, -0.25) is 14.4 Å². The van der Waals surface area contributed by atoms with Crippen LogP contribution >= 0.6 is 12.2 Å². The molecule has 0 aliphatic carbocycles. The number of hydrogen-bond acceptors (Lipinski definition) is 11. The summed E-state index contributed by atoms with van der Waals surface area (Å²) >= 11 is 4.43. The average Bonchev–Trinajstić information content (AvgIpc) is 3.24. The fourth-order valence-corrected chi connectivity index (χ4v) is 7.68. The first-order chi connectivity index (χ1) is 34.1. The van der Waals surface area contributed by atoms with Gasteiger partial charge >= 0.3 is 17.9 Å². The van der Waals surface area contributed by atoms with Crippen LogP contribution in [0.1, 0.15) is 214 Å². The number of aliphatic hydroxyl groups excluding tert-OH is 5. The van der Waals surface area contributed by atoms with Gasteiger partial charge in [0.2, 0.25) is 0 Å². The number of phenols is 3. The molecule has 3 aromatic rings. The van der Waals surface area contributed by atoms with Gasteiger partial charge in [-0.15, -0.1) is 0 Å². The summed E-state index contributed by atoms with van der Waals surface area (Å²) in [7, 11) is 0. The molecule has 0 saturated heterocycles. The molecule has 0 aromatic heterocycles. The standard InChI is InChI=1S/3C17H26O3.C5H12O4.C5H10OS/c3*1-16(2,3)12-9-11(7-8-14(18)19)10-13(15(12)20)17(4,5)6;6-1-5(2-7,3-8)4-9;1-4(2)3-5(6)7/h3*9-10,20H,7-8H2,1-6H3,(H,18,19);6-9H,1-4H2;4H,3H2,1-2H3,(H,6,7). The second kappa shape index (κ2) is 30.4. The number of carbonyl (C=O) groups is 3. The zero-order valence-corrected chi connectivity index (χ0v) is 50.7. The Morgan fingerprint density at radius 2 is 0.566 bits per heavy atom. The molecule has 3 rings (SSSR count). The molecular formula is C61H100O14S. The topological polar surface area (TPSA) is 274 Å². The fraction of sp³-hybridized carbons (Fsp3) is 0.639. The van der Waals surface area contributed by atoms with Gasteiger partial charge in [0.15, 0.2) is 5.05 Å². The number of hydrogen-bond donors (Lipinski definition) is 11. The van der Waals surface area contributed by atoms with Crippen molar-refractivity contribution in [1.82, 2.24) is 0 Å². The van der Waals surface area contributed by atoms with Crippen LogP contribution in [0, 0.1) is 11.3 Å². The van der Waals surface area contributed by atoms with Gasteiger partial charge in [-0.25, -0.2) is 0 Å². The van der Waals surface area contributed by atoms with E-state index in [9.17, 15) is 29.7 Å². The maximum absolute atomic E-state index is 10.8. The van der Waals surface area contributed by atoms with Crippen molar-refractivity contribution in [1.29, 1.82) is 0 Å². The molecule has 3 aromatic carbocycles. The van der Waals surface area contributed by atoms with Gasteiger partial charge in [0, 0.05) is 25.7 Å². The first-order valence-corrected chi connectivity index (χ1v) is 26.5. The van der Waals surface area contributed by atoms with Crippen LogP contribution in [-0.4, -0.2) is 106 Å². The lowest BCUT2D eigenvalue weighted by molar-refractivity contribution is -0.138. The van der Waals surface area contributed by atoms with E-state index in [4.69, 9.17) is 40.9 Å². The van der Waals surface area contributed by atoms with Crippen LogP contribution < -0.4 is 0 Å². The minimum atomic E-state index is -1.11. The summed E-state index contributed by atoms with van der Waals surface area (Å²) in [4.78, 5) is 32.3. The first-order valence-electron chi connectivity index (χ1n) is 26.1. The van der Waals surface area contributed by atoms with Crippen molar-refractivity contribution in [2.24, 2.45) is 11.3 Å². The van der Waals surface area contributed by atoms with E-state index in [1.54, 1.807) is 0 Å². The number of aryl methyl sites for hydroxylation is 3. The van der Waals surface area contributed by atoms with Crippen LogP contribution in [0.5, 0.6) is 17.2 Å². The Balaban J connectivity index is 0. The van der Waals surface area contributed by atoms with Gasteiger partial charge in [0.25, 0.3) is 0 Å². The summed E-state index contributed by atoms with van der Waals surface area (Å²) in [5, 5.41) is 101. The predicted octanol–water partition coefficient (Wildman–Crippen LogP) is 11.9. The van der Waals surface area contributed by atoms with E-state index in [0.29, 0.717) is 48.8 Å². The van der Waals surface area contributed by atoms with E-state index in [1.807, 2.05) is 50.2 Å². The van der Waals surface area contributed by atoms with E-state index in [1.165, 1.54) is 0 Å².